The molecule has 2 N–H and O–H groups in total. The SMILES string of the molecule is COc1cc(/C=N/Nc2nc(N3CCCCC3)nc(N3CCCCC3)n2)c(Br)c(Br)c1O. The molecule has 11 heteroatoms. The molecule has 3 heterocycles. The summed E-state index contributed by atoms with van der Waals surface area (Å²) in [6.45, 7) is 3.84. The molecule has 0 spiro atoms. The molecule has 1 aromatic carbocycles. The fraction of sp³-hybridized carbons (Fsp3) is 0.524. The Morgan fingerprint density at radius 2 is 1.50 bits per heavy atom. The molecule has 2 fully saturated rings. The molecule has 0 atom stereocenters. The lowest BCUT2D eigenvalue weighted by molar-refractivity contribution is 0.371. The van der Waals surface area contributed by atoms with Crippen molar-refractivity contribution in [1.82, 2.24) is 15.0 Å². The summed E-state index contributed by atoms with van der Waals surface area (Å²) in [5.41, 5.74) is 3.69. The molecular formula is C21H27Br2N7O2. The maximum atomic E-state index is 10.1. The number of aromatic nitrogens is 3. The van der Waals surface area contributed by atoms with Gasteiger partial charge in [-0.05, 0) is 76.5 Å². The number of piperidine rings is 2. The first-order valence-corrected chi connectivity index (χ1v) is 12.5. The van der Waals surface area contributed by atoms with E-state index in [2.05, 4.69) is 62.2 Å². The molecule has 2 aromatic rings. The molecule has 4 rings (SSSR count). The van der Waals surface area contributed by atoms with Crippen molar-refractivity contribution in [2.24, 2.45) is 5.10 Å². The lowest BCUT2D eigenvalue weighted by Gasteiger charge is -2.30. The number of phenolic OH excluding ortho intramolecular Hbond substituents is 1. The molecule has 0 bridgehead atoms. The van der Waals surface area contributed by atoms with E-state index in [1.807, 2.05) is 0 Å². The van der Waals surface area contributed by atoms with E-state index in [4.69, 9.17) is 9.72 Å². The van der Waals surface area contributed by atoms with Crippen LogP contribution in [0.4, 0.5) is 17.8 Å². The minimum Gasteiger partial charge on any atom is -0.503 e. The molecular weight excluding hydrogens is 542 g/mol. The number of hydrogen-bond acceptors (Lipinski definition) is 9. The van der Waals surface area contributed by atoms with Crippen LogP contribution in [0, 0.1) is 0 Å². The minimum atomic E-state index is 0.0271. The standard InChI is InChI=1S/C21H27Br2N7O2/c1-32-15-12-14(16(22)17(23)18(15)31)13-24-28-19-25-20(29-8-4-2-5-9-29)27-21(26-19)30-10-6-3-7-11-30/h12-13,31H,2-11H2,1H3,(H,25,26,27,28)/b24-13+. The van der Waals surface area contributed by atoms with Crippen molar-refractivity contribution in [1.29, 1.82) is 0 Å². The fourth-order valence-electron chi connectivity index (χ4n) is 3.90. The number of nitrogens with zero attached hydrogens (tertiary/aromatic N) is 6. The summed E-state index contributed by atoms with van der Waals surface area (Å²) in [5.74, 6) is 2.19. The van der Waals surface area contributed by atoms with E-state index in [-0.39, 0.29) is 5.75 Å². The van der Waals surface area contributed by atoms with E-state index in [0.29, 0.717) is 32.5 Å². The average Bonchev–Trinajstić information content (AvgIpc) is 2.85. The normalized spacial score (nSPS) is 17.1. The highest BCUT2D eigenvalue weighted by molar-refractivity contribution is 9.13. The second-order valence-corrected chi connectivity index (χ2v) is 9.46. The van der Waals surface area contributed by atoms with Crippen LogP contribution in [0.25, 0.3) is 0 Å². The van der Waals surface area contributed by atoms with Gasteiger partial charge < -0.3 is 19.6 Å². The molecule has 0 saturated carbocycles. The average molecular weight is 569 g/mol. The van der Waals surface area contributed by atoms with Gasteiger partial charge in [0, 0.05) is 36.2 Å². The molecule has 1 aromatic heterocycles. The highest BCUT2D eigenvalue weighted by atomic mass is 79.9. The molecule has 2 saturated heterocycles. The number of anilines is 3. The van der Waals surface area contributed by atoms with Crippen LogP contribution in [0.15, 0.2) is 20.1 Å². The van der Waals surface area contributed by atoms with Crippen LogP contribution in [0.5, 0.6) is 11.5 Å². The van der Waals surface area contributed by atoms with Crippen LogP contribution >= 0.6 is 31.9 Å². The van der Waals surface area contributed by atoms with Gasteiger partial charge in [0.2, 0.25) is 17.8 Å². The van der Waals surface area contributed by atoms with E-state index >= 15 is 0 Å². The highest BCUT2D eigenvalue weighted by Gasteiger charge is 2.20. The maximum Gasteiger partial charge on any atom is 0.250 e. The quantitative estimate of drug-likeness (QED) is 0.387. The Labute approximate surface area is 204 Å². The van der Waals surface area contributed by atoms with Crippen molar-refractivity contribution in [3.63, 3.8) is 0 Å². The van der Waals surface area contributed by atoms with Gasteiger partial charge in [0.25, 0.3) is 0 Å². The Balaban J connectivity index is 1.59. The number of hydrogen-bond donors (Lipinski definition) is 2. The number of ether oxygens (including phenoxy) is 1. The van der Waals surface area contributed by atoms with E-state index in [1.54, 1.807) is 12.3 Å². The first kappa shape index (κ1) is 23.0. The summed E-state index contributed by atoms with van der Waals surface area (Å²) in [7, 11) is 1.50. The van der Waals surface area contributed by atoms with Gasteiger partial charge in [-0.1, -0.05) is 0 Å². The monoisotopic (exact) mass is 567 g/mol. The van der Waals surface area contributed by atoms with Gasteiger partial charge in [0.1, 0.15) is 0 Å². The minimum absolute atomic E-state index is 0.0271. The Kier molecular flexibility index (Phi) is 7.67. The number of phenols is 1. The van der Waals surface area contributed by atoms with E-state index in [9.17, 15) is 5.11 Å². The zero-order chi connectivity index (χ0) is 22.5. The lowest BCUT2D eigenvalue weighted by Crippen LogP contribution is -2.34. The molecule has 172 valence electrons. The number of aromatic hydroxyl groups is 1. The van der Waals surface area contributed by atoms with E-state index in [1.165, 1.54) is 20.0 Å². The fourth-order valence-corrected chi connectivity index (χ4v) is 4.72. The Bertz CT molecular complexity index is 941. The summed E-state index contributed by atoms with van der Waals surface area (Å²) in [4.78, 5) is 18.5. The Morgan fingerprint density at radius 1 is 0.938 bits per heavy atom. The molecule has 0 amide bonds. The predicted octanol–water partition coefficient (Wildman–Crippen LogP) is 4.54. The van der Waals surface area contributed by atoms with Crippen LogP contribution in [-0.2, 0) is 0 Å². The Morgan fingerprint density at radius 3 is 2.03 bits per heavy atom. The van der Waals surface area contributed by atoms with Crippen LogP contribution in [0.1, 0.15) is 44.1 Å². The van der Waals surface area contributed by atoms with E-state index < -0.39 is 0 Å². The second-order valence-electron chi connectivity index (χ2n) is 7.87. The first-order chi connectivity index (χ1) is 15.6. The zero-order valence-corrected chi connectivity index (χ0v) is 21.2. The van der Waals surface area contributed by atoms with Gasteiger partial charge in [-0.25, -0.2) is 5.43 Å². The first-order valence-electron chi connectivity index (χ1n) is 10.9. The Hall–Kier alpha value is -2.14. The number of nitrogens with one attached hydrogen (secondary N) is 1. The number of methoxy groups -OCH3 is 1. The van der Waals surface area contributed by atoms with Crippen molar-refractivity contribution in [2.75, 3.05) is 48.5 Å². The van der Waals surface area contributed by atoms with Gasteiger partial charge in [-0.2, -0.15) is 20.1 Å². The van der Waals surface area contributed by atoms with Crippen molar-refractivity contribution >= 4 is 55.9 Å². The van der Waals surface area contributed by atoms with Gasteiger partial charge in [0.15, 0.2) is 11.5 Å². The van der Waals surface area contributed by atoms with Gasteiger partial charge in [-0.15, -0.1) is 0 Å². The molecule has 9 nitrogen and oxygen atoms in total. The number of halogens is 2. The summed E-state index contributed by atoms with van der Waals surface area (Å²) < 4.78 is 6.39. The highest BCUT2D eigenvalue weighted by Crippen LogP contribution is 2.41. The molecule has 2 aliphatic heterocycles. The van der Waals surface area contributed by atoms with E-state index in [0.717, 1.165) is 57.4 Å². The van der Waals surface area contributed by atoms with Crippen molar-refractivity contribution < 1.29 is 9.84 Å². The summed E-state index contributed by atoms with van der Waals surface area (Å²) in [6.07, 6.45) is 8.72. The number of rotatable bonds is 6. The van der Waals surface area contributed by atoms with Crippen molar-refractivity contribution in [3.05, 3.63) is 20.6 Å². The third-order valence-electron chi connectivity index (χ3n) is 5.65. The molecule has 0 unspecified atom stereocenters. The smallest absolute Gasteiger partial charge is 0.250 e. The lowest BCUT2D eigenvalue weighted by atomic mass is 10.1. The maximum absolute atomic E-state index is 10.1. The topological polar surface area (TPSA) is 99.0 Å². The third-order valence-corrected chi connectivity index (χ3v) is 7.81. The summed E-state index contributed by atoms with van der Waals surface area (Å²) >= 11 is 6.83. The largest absolute Gasteiger partial charge is 0.503 e. The van der Waals surface area contributed by atoms with Gasteiger partial charge in [0.05, 0.1) is 17.8 Å². The van der Waals surface area contributed by atoms with Crippen molar-refractivity contribution in [2.45, 2.75) is 38.5 Å². The van der Waals surface area contributed by atoms with Crippen LogP contribution in [-0.4, -0.2) is 59.6 Å². The number of benzene rings is 1. The second kappa shape index (κ2) is 10.7. The molecule has 32 heavy (non-hydrogen) atoms. The van der Waals surface area contributed by atoms with Crippen LogP contribution in [0.3, 0.4) is 0 Å². The summed E-state index contributed by atoms with van der Waals surface area (Å²) in [6, 6.07) is 1.70. The number of hydrazone groups is 1. The molecule has 2 aliphatic rings. The van der Waals surface area contributed by atoms with Crippen LogP contribution < -0.4 is 20.0 Å². The third kappa shape index (κ3) is 5.25. The molecule has 0 radical (unpaired) electrons. The zero-order valence-electron chi connectivity index (χ0n) is 18.0. The van der Waals surface area contributed by atoms with Gasteiger partial charge >= 0.3 is 0 Å². The molecule has 0 aliphatic carbocycles. The van der Waals surface area contributed by atoms with Gasteiger partial charge in [-0.3, -0.25) is 0 Å². The van der Waals surface area contributed by atoms with Crippen LogP contribution in [0.2, 0.25) is 0 Å². The summed E-state index contributed by atoms with van der Waals surface area (Å²) in [5, 5.41) is 14.5. The predicted molar refractivity (Wildman–Crippen MR) is 133 cm³/mol. The van der Waals surface area contributed by atoms with Crippen molar-refractivity contribution in [3.8, 4) is 11.5 Å².